The number of carbonyl (C=O) groups excluding carboxylic acids is 1. The highest BCUT2D eigenvalue weighted by molar-refractivity contribution is 5.99. The highest BCUT2D eigenvalue weighted by atomic mass is 16.1. The number of nitrogens with one attached hydrogen (secondary N) is 1. The lowest BCUT2D eigenvalue weighted by Crippen LogP contribution is -2.61. The summed E-state index contributed by atoms with van der Waals surface area (Å²) < 4.78 is 1.66. The largest absolute Gasteiger partial charge is 0.350 e. The van der Waals surface area contributed by atoms with Gasteiger partial charge in [-0.3, -0.25) is 9.69 Å². The first-order valence-corrected chi connectivity index (χ1v) is 10.1. The van der Waals surface area contributed by atoms with E-state index in [0.717, 1.165) is 44.7 Å². The lowest BCUT2D eigenvalue weighted by atomic mass is 9.84. The molecule has 7 nitrogen and oxygen atoms in total. The van der Waals surface area contributed by atoms with E-state index in [2.05, 4.69) is 32.2 Å². The topological polar surface area (TPSA) is 65.8 Å². The van der Waals surface area contributed by atoms with Crippen LogP contribution in [0.25, 0.3) is 5.65 Å². The third kappa shape index (κ3) is 3.71. The molecule has 0 atom stereocenters. The Morgan fingerprint density at radius 1 is 1.19 bits per heavy atom. The Morgan fingerprint density at radius 3 is 2.67 bits per heavy atom. The molecule has 1 N–H and O–H groups in total. The van der Waals surface area contributed by atoms with Crippen LogP contribution in [0, 0.1) is 6.92 Å². The average Bonchev–Trinajstić information content (AvgIpc) is 3.11. The van der Waals surface area contributed by atoms with Gasteiger partial charge in [-0.1, -0.05) is 6.42 Å². The molecule has 1 amide bonds. The molecule has 27 heavy (non-hydrogen) atoms. The van der Waals surface area contributed by atoms with E-state index in [0.29, 0.717) is 17.8 Å². The molecule has 0 aromatic carbocycles. The minimum atomic E-state index is -0.0709. The van der Waals surface area contributed by atoms with Gasteiger partial charge in [-0.25, -0.2) is 9.50 Å². The Bertz CT molecular complexity index is 802. The Kier molecular flexibility index (Phi) is 5.14. The highest BCUT2D eigenvalue weighted by Crippen LogP contribution is 2.31. The zero-order valence-electron chi connectivity index (χ0n) is 16.4. The molecule has 0 unspecified atom stereocenters. The molecule has 0 bridgehead atoms. The van der Waals surface area contributed by atoms with Crippen LogP contribution in [0.5, 0.6) is 0 Å². The van der Waals surface area contributed by atoms with Gasteiger partial charge in [0.05, 0.1) is 6.20 Å². The average molecular weight is 371 g/mol. The number of hydrogen-bond donors (Lipinski definition) is 1. The summed E-state index contributed by atoms with van der Waals surface area (Å²) in [4.78, 5) is 22.5. The van der Waals surface area contributed by atoms with Gasteiger partial charge in [0.2, 0.25) is 0 Å². The van der Waals surface area contributed by atoms with Crippen molar-refractivity contribution in [1.82, 2.24) is 29.7 Å². The van der Waals surface area contributed by atoms with Crippen LogP contribution in [0.4, 0.5) is 0 Å². The van der Waals surface area contributed by atoms with Gasteiger partial charge < -0.3 is 10.2 Å². The lowest BCUT2D eigenvalue weighted by Gasteiger charge is -2.50. The standard InChI is InChI=1S/C20H30N6O/c1-16-6-11-26-18(23-16)17(14-22-26)19(27)21-15-20(7-12-24(2)13-8-20)25-9-4-3-5-10-25/h6,11,14H,3-5,7-10,12-13,15H2,1-2H3,(H,21,27). The predicted molar refractivity (Wildman–Crippen MR) is 105 cm³/mol. The number of aryl methyl sites for hydroxylation is 1. The molecule has 2 aromatic heterocycles. The number of piperidine rings is 2. The van der Waals surface area contributed by atoms with Crippen LogP contribution in [0.2, 0.25) is 0 Å². The minimum absolute atomic E-state index is 0.0709. The Hall–Kier alpha value is -1.99. The number of rotatable bonds is 4. The van der Waals surface area contributed by atoms with Crippen LogP contribution in [0.15, 0.2) is 18.5 Å². The zero-order valence-corrected chi connectivity index (χ0v) is 16.4. The molecule has 2 aliphatic heterocycles. The molecule has 0 aliphatic carbocycles. The Morgan fingerprint density at radius 2 is 1.93 bits per heavy atom. The third-order valence-electron chi connectivity index (χ3n) is 6.28. The van der Waals surface area contributed by atoms with Gasteiger partial charge in [0.1, 0.15) is 5.56 Å². The summed E-state index contributed by atoms with van der Waals surface area (Å²) in [7, 11) is 2.19. The molecular formula is C20H30N6O. The van der Waals surface area contributed by atoms with Crippen molar-refractivity contribution in [1.29, 1.82) is 0 Å². The summed E-state index contributed by atoms with van der Waals surface area (Å²) >= 11 is 0. The molecule has 0 radical (unpaired) electrons. The lowest BCUT2D eigenvalue weighted by molar-refractivity contribution is 0.0145. The second kappa shape index (κ2) is 7.56. The zero-order chi connectivity index (χ0) is 18.9. The summed E-state index contributed by atoms with van der Waals surface area (Å²) in [6.45, 7) is 7.10. The van der Waals surface area contributed by atoms with Gasteiger partial charge in [-0.2, -0.15) is 5.10 Å². The van der Waals surface area contributed by atoms with Crippen LogP contribution < -0.4 is 5.32 Å². The van der Waals surface area contributed by atoms with E-state index in [1.165, 1.54) is 19.3 Å². The second-order valence-electron chi connectivity index (χ2n) is 8.15. The minimum Gasteiger partial charge on any atom is -0.350 e. The van der Waals surface area contributed by atoms with Gasteiger partial charge in [-0.05, 0) is 71.9 Å². The smallest absolute Gasteiger partial charge is 0.256 e. The van der Waals surface area contributed by atoms with Crippen molar-refractivity contribution in [3.8, 4) is 0 Å². The third-order valence-corrected chi connectivity index (χ3v) is 6.28. The van der Waals surface area contributed by atoms with E-state index in [1.54, 1.807) is 10.7 Å². The normalized spacial score (nSPS) is 21.4. The van der Waals surface area contributed by atoms with Crippen LogP contribution in [0.3, 0.4) is 0 Å². The summed E-state index contributed by atoms with van der Waals surface area (Å²) in [5.41, 5.74) is 2.15. The SMILES string of the molecule is Cc1ccn2ncc(C(=O)NCC3(N4CCCCC4)CCN(C)CC3)c2n1. The van der Waals surface area contributed by atoms with Crippen molar-refractivity contribution in [2.75, 3.05) is 39.8 Å². The maximum atomic E-state index is 12.9. The van der Waals surface area contributed by atoms with E-state index in [-0.39, 0.29) is 11.4 Å². The van der Waals surface area contributed by atoms with Gasteiger partial charge in [0.25, 0.3) is 5.91 Å². The molecule has 2 saturated heterocycles. The molecule has 2 aliphatic rings. The van der Waals surface area contributed by atoms with Crippen molar-refractivity contribution in [3.63, 3.8) is 0 Å². The Balaban J connectivity index is 1.51. The summed E-state index contributed by atoms with van der Waals surface area (Å²) in [6.07, 6.45) is 9.55. The fourth-order valence-electron chi connectivity index (χ4n) is 4.47. The number of likely N-dealkylation sites (tertiary alicyclic amines) is 2. The first-order chi connectivity index (χ1) is 13.1. The van der Waals surface area contributed by atoms with E-state index in [1.807, 2.05) is 19.2 Å². The van der Waals surface area contributed by atoms with Gasteiger partial charge in [-0.15, -0.1) is 0 Å². The van der Waals surface area contributed by atoms with Gasteiger partial charge in [0, 0.05) is 24.0 Å². The number of fused-ring (bicyclic) bond motifs is 1. The van der Waals surface area contributed by atoms with Crippen molar-refractivity contribution < 1.29 is 4.79 Å². The van der Waals surface area contributed by atoms with Crippen molar-refractivity contribution in [2.45, 2.75) is 44.6 Å². The predicted octanol–water partition coefficient (Wildman–Crippen LogP) is 1.72. The molecule has 4 heterocycles. The molecule has 4 rings (SSSR count). The van der Waals surface area contributed by atoms with Crippen LogP contribution in [0.1, 0.15) is 48.2 Å². The number of nitrogens with zero attached hydrogens (tertiary/aromatic N) is 5. The number of hydrogen-bond acceptors (Lipinski definition) is 5. The fourth-order valence-corrected chi connectivity index (χ4v) is 4.47. The molecule has 2 fully saturated rings. The monoisotopic (exact) mass is 370 g/mol. The van der Waals surface area contributed by atoms with Crippen molar-refractivity contribution in [3.05, 3.63) is 29.7 Å². The van der Waals surface area contributed by atoms with Gasteiger partial charge >= 0.3 is 0 Å². The van der Waals surface area contributed by atoms with Crippen molar-refractivity contribution in [2.24, 2.45) is 0 Å². The van der Waals surface area contributed by atoms with Crippen LogP contribution >= 0.6 is 0 Å². The number of carbonyl (C=O) groups is 1. The summed E-state index contributed by atoms with van der Waals surface area (Å²) in [6, 6.07) is 1.89. The van der Waals surface area contributed by atoms with Crippen LogP contribution in [-0.2, 0) is 0 Å². The summed E-state index contributed by atoms with van der Waals surface area (Å²) in [5, 5.41) is 7.50. The number of amides is 1. The van der Waals surface area contributed by atoms with Gasteiger partial charge in [0.15, 0.2) is 5.65 Å². The molecule has 2 aromatic rings. The maximum Gasteiger partial charge on any atom is 0.256 e. The van der Waals surface area contributed by atoms with E-state index in [4.69, 9.17) is 0 Å². The second-order valence-corrected chi connectivity index (χ2v) is 8.15. The van der Waals surface area contributed by atoms with E-state index in [9.17, 15) is 4.79 Å². The maximum absolute atomic E-state index is 12.9. The highest BCUT2D eigenvalue weighted by Gasteiger charge is 2.40. The molecule has 146 valence electrons. The summed E-state index contributed by atoms with van der Waals surface area (Å²) in [5.74, 6) is -0.0709. The molecule has 0 spiro atoms. The van der Waals surface area contributed by atoms with E-state index >= 15 is 0 Å². The Labute approximate surface area is 160 Å². The fraction of sp³-hybridized carbons (Fsp3) is 0.650. The molecular weight excluding hydrogens is 340 g/mol. The number of aromatic nitrogens is 3. The quantitative estimate of drug-likeness (QED) is 0.888. The van der Waals surface area contributed by atoms with E-state index < -0.39 is 0 Å². The molecule has 0 saturated carbocycles. The van der Waals surface area contributed by atoms with Crippen molar-refractivity contribution >= 4 is 11.6 Å². The van der Waals surface area contributed by atoms with Crippen LogP contribution in [-0.4, -0.2) is 75.6 Å². The first-order valence-electron chi connectivity index (χ1n) is 10.1. The molecule has 7 heteroatoms. The first kappa shape index (κ1) is 18.4.